The fourth-order valence-corrected chi connectivity index (χ4v) is 3.87. The molecule has 3 rings (SSSR count). The molecule has 1 aromatic rings. The molecule has 0 aromatic heterocycles. The second-order valence-electron chi connectivity index (χ2n) is 8.47. The molecule has 2 aliphatic rings. The summed E-state index contributed by atoms with van der Waals surface area (Å²) in [7, 11) is 0. The lowest BCUT2D eigenvalue weighted by molar-refractivity contribution is 0.00750. The molecule has 4 N–H and O–H groups in total. The van der Waals surface area contributed by atoms with Gasteiger partial charge < -0.3 is 30.7 Å². The number of piperidine rings is 1. The Kier molecular flexibility index (Phi) is 6.00. The third kappa shape index (κ3) is 4.86. The topological polar surface area (TPSA) is 88.9 Å². The van der Waals surface area contributed by atoms with Crippen molar-refractivity contribution in [3.8, 4) is 5.75 Å². The monoisotopic (exact) mass is 406 g/mol. The molecular weight excluding hydrogens is 376 g/mol. The third-order valence-electron chi connectivity index (χ3n) is 4.99. The molecule has 0 unspecified atom stereocenters. The summed E-state index contributed by atoms with van der Waals surface area (Å²) >= 11 is 5.51. The Labute approximate surface area is 171 Å². The molecule has 0 spiro atoms. The molecular formula is C20H30N4O3S. The zero-order valence-electron chi connectivity index (χ0n) is 17.0. The standard InChI is InChI=1S/C20H30N4O3S/c1-12-10-16(14(21)11-24(12)19(25)27-20(2,3)4)23-18(28)22-15-6-5-7-17-13(15)8-9-26-17/h5-7,12,14,16H,8-11,21H2,1-4H3,(H2,22,23,28)/t12-,14-,16+/m0/s1. The van der Waals surface area contributed by atoms with Gasteiger partial charge in [0.15, 0.2) is 5.11 Å². The third-order valence-corrected chi connectivity index (χ3v) is 5.21. The number of thiocarbonyl (C=S) groups is 1. The number of likely N-dealkylation sites (tertiary alicyclic amines) is 1. The summed E-state index contributed by atoms with van der Waals surface area (Å²) < 4.78 is 11.1. The number of rotatable bonds is 2. The van der Waals surface area contributed by atoms with Crippen molar-refractivity contribution in [2.45, 2.75) is 64.3 Å². The summed E-state index contributed by atoms with van der Waals surface area (Å²) in [5.41, 5.74) is 7.92. The molecule has 1 amide bonds. The minimum atomic E-state index is -0.527. The lowest BCUT2D eigenvalue weighted by Crippen LogP contribution is -2.62. The van der Waals surface area contributed by atoms with Gasteiger partial charge in [-0.25, -0.2) is 4.79 Å². The fourth-order valence-electron chi connectivity index (χ4n) is 3.61. The Bertz CT molecular complexity index is 749. The Morgan fingerprint density at radius 1 is 1.39 bits per heavy atom. The Hall–Kier alpha value is -2.06. The van der Waals surface area contributed by atoms with Gasteiger partial charge in [0.2, 0.25) is 0 Å². The zero-order chi connectivity index (χ0) is 20.5. The van der Waals surface area contributed by atoms with E-state index in [2.05, 4.69) is 10.6 Å². The number of carbonyl (C=O) groups excluding carboxylic acids is 1. The Balaban J connectivity index is 1.58. The van der Waals surface area contributed by atoms with E-state index in [4.69, 9.17) is 27.4 Å². The smallest absolute Gasteiger partial charge is 0.410 e. The highest BCUT2D eigenvalue weighted by molar-refractivity contribution is 7.80. The maximum Gasteiger partial charge on any atom is 0.410 e. The van der Waals surface area contributed by atoms with Gasteiger partial charge in [-0.3, -0.25) is 0 Å². The first kappa shape index (κ1) is 20.7. The Morgan fingerprint density at radius 2 is 2.14 bits per heavy atom. The second-order valence-corrected chi connectivity index (χ2v) is 8.88. The fraction of sp³-hybridized carbons (Fsp3) is 0.600. The number of nitrogens with two attached hydrogens (primary N) is 1. The van der Waals surface area contributed by atoms with Gasteiger partial charge in [0.1, 0.15) is 11.4 Å². The lowest BCUT2D eigenvalue weighted by atomic mass is 9.95. The number of hydrogen-bond donors (Lipinski definition) is 3. The largest absolute Gasteiger partial charge is 0.493 e. The molecule has 8 heteroatoms. The second kappa shape index (κ2) is 8.13. The number of nitrogens with one attached hydrogen (secondary N) is 2. The van der Waals surface area contributed by atoms with Gasteiger partial charge in [0.05, 0.1) is 6.61 Å². The number of benzene rings is 1. The van der Waals surface area contributed by atoms with E-state index in [9.17, 15) is 4.79 Å². The first-order valence-electron chi connectivity index (χ1n) is 9.71. The molecule has 0 aliphatic carbocycles. The van der Waals surface area contributed by atoms with E-state index in [1.165, 1.54) is 0 Å². The molecule has 1 saturated heterocycles. The first-order valence-corrected chi connectivity index (χ1v) is 10.1. The van der Waals surface area contributed by atoms with Crippen molar-refractivity contribution in [2.24, 2.45) is 5.73 Å². The number of hydrogen-bond acceptors (Lipinski definition) is 5. The van der Waals surface area contributed by atoms with Crippen LogP contribution in [0.2, 0.25) is 0 Å². The van der Waals surface area contributed by atoms with E-state index < -0.39 is 5.60 Å². The normalized spacial score (nSPS) is 24.2. The highest BCUT2D eigenvalue weighted by atomic mass is 32.1. The van der Waals surface area contributed by atoms with E-state index in [1.807, 2.05) is 45.9 Å². The van der Waals surface area contributed by atoms with Crippen LogP contribution in [0.4, 0.5) is 10.5 Å². The maximum atomic E-state index is 12.4. The number of carbonyl (C=O) groups is 1. The van der Waals surface area contributed by atoms with Gasteiger partial charge in [0.25, 0.3) is 0 Å². The van der Waals surface area contributed by atoms with Gasteiger partial charge in [0, 0.05) is 42.3 Å². The van der Waals surface area contributed by atoms with Crippen molar-refractivity contribution in [3.63, 3.8) is 0 Å². The number of fused-ring (bicyclic) bond motifs is 1. The van der Waals surface area contributed by atoms with Crippen LogP contribution in [0, 0.1) is 0 Å². The van der Waals surface area contributed by atoms with Gasteiger partial charge in [-0.05, 0) is 58.5 Å². The number of nitrogens with zero attached hydrogens (tertiary/aromatic N) is 1. The van der Waals surface area contributed by atoms with Gasteiger partial charge in [-0.1, -0.05) is 6.07 Å². The van der Waals surface area contributed by atoms with Crippen LogP contribution in [-0.2, 0) is 11.2 Å². The molecule has 0 radical (unpaired) electrons. The molecule has 2 aliphatic heterocycles. The SMILES string of the molecule is C[C@H]1C[C@@H](NC(=S)Nc2cccc3c2CCO3)[C@@H](N)CN1C(=O)OC(C)(C)C. The quantitative estimate of drug-likeness (QED) is 0.651. The summed E-state index contributed by atoms with van der Waals surface area (Å²) in [4.78, 5) is 14.1. The van der Waals surface area contributed by atoms with E-state index in [-0.39, 0.29) is 24.2 Å². The summed E-state index contributed by atoms with van der Waals surface area (Å²) in [5.74, 6) is 0.906. The van der Waals surface area contributed by atoms with Crippen molar-refractivity contribution < 1.29 is 14.3 Å². The van der Waals surface area contributed by atoms with Crippen molar-refractivity contribution in [1.29, 1.82) is 0 Å². The first-order chi connectivity index (χ1) is 13.1. The number of ether oxygens (including phenoxy) is 2. The van der Waals surface area contributed by atoms with Gasteiger partial charge in [-0.15, -0.1) is 0 Å². The lowest BCUT2D eigenvalue weighted by Gasteiger charge is -2.42. The number of amides is 1. The summed E-state index contributed by atoms with van der Waals surface area (Å²) in [6.45, 7) is 8.70. The van der Waals surface area contributed by atoms with Crippen LogP contribution < -0.4 is 21.1 Å². The molecule has 0 bridgehead atoms. The van der Waals surface area contributed by atoms with Crippen LogP contribution in [0.5, 0.6) is 5.75 Å². The van der Waals surface area contributed by atoms with Crippen molar-refractivity contribution in [1.82, 2.24) is 10.2 Å². The average molecular weight is 407 g/mol. The minimum Gasteiger partial charge on any atom is -0.493 e. The summed E-state index contributed by atoms with van der Waals surface area (Å²) in [5, 5.41) is 7.12. The van der Waals surface area contributed by atoms with Crippen molar-refractivity contribution >= 4 is 29.1 Å². The van der Waals surface area contributed by atoms with E-state index in [0.29, 0.717) is 24.7 Å². The zero-order valence-corrected chi connectivity index (χ0v) is 17.8. The van der Waals surface area contributed by atoms with Crippen LogP contribution >= 0.6 is 12.2 Å². The molecule has 1 fully saturated rings. The molecule has 28 heavy (non-hydrogen) atoms. The molecule has 154 valence electrons. The van der Waals surface area contributed by atoms with Crippen LogP contribution in [-0.4, -0.2) is 53.0 Å². The van der Waals surface area contributed by atoms with E-state index in [1.54, 1.807) is 4.90 Å². The summed E-state index contributed by atoms with van der Waals surface area (Å²) in [6, 6.07) is 5.64. The minimum absolute atomic E-state index is 0.00400. The van der Waals surface area contributed by atoms with Crippen LogP contribution in [0.25, 0.3) is 0 Å². The molecule has 2 heterocycles. The van der Waals surface area contributed by atoms with Crippen LogP contribution in [0.1, 0.15) is 39.7 Å². The van der Waals surface area contributed by atoms with Gasteiger partial charge in [-0.2, -0.15) is 0 Å². The Morgan fingerprint density at radius 3 is 2.86 bits per heavy atom. The van der Waals surface area contributed by atoms with Crippen molar-refractivity contribution in [2.75, 3.05) is 18.5 Å². The van der Waals surface area contributed by atoms with E-state index >= 15 is 0 Å². The molecule has 0 saturated carbocycles. The van der Waals surface area contributed by atoms with E-state index in [0.717, 1.165) is 23.4 Å². The van der Waals surface area contributed by atoms with Crippen LogP contribution in [0.3, 0.4) is 0 Å². The maximum absolute atomic E-state index is 12.4. The van der Waals surface area contributed by atoms with Crippen LogP contribution in [0.15, 0.2) is 18.2 Å². The highest BCUT2D eigenvalue weighted by Gasteiger charge is 2.36. The molecule has 3 atom stereocenters. The number of anilines is 1. The predicted molar refractivity (Wildman–Crippen MR) is 114 cm³/mol. The predicted octanol–water partition coefficient (Wildman–Crippen LogP) is 2.63. The molecule has 7 nitrogen and oxygen atoms in total. The highest BCUT2D eigenvalue weighted by Crippen LogP contribution is 2.31. The van der Waals surface area contributed by atoms with Crippen molar-refractivity contribution in [3.05, 3.63) is 23.8 Å². The summed E-state index contributed by atoms with van der Waals surface area (Å²) in [6.07, 6.45) is 1.24. The van der Waals surface area contributed by atoms with Gasteiger partial charge >= 0.3 is 6.09 Å². The average Bonchev–Trinajstić information content (AvgIpc) is 3.06. The molecule has 1 aromatic carbocycles.